The second-order valence-corrected chi connectivity index (χ2v) is 6.09. The molecule has 0 aliphatic carbocycles. The molecule has 2 aromatic rings. The van der Waals surface area contributed by atoms with Crippen LogP contribution in [-0.4, -0.2) is 24.5 Å². The van der Waals surface area contributed by atoms with E-state index in [1.54, 1.807) is 18.4 Å². The molecule has 22 heavy (non-hydrogen) atoms. The number of amides is 1. The van der Waals surface area contributed by atoms with Crippen molar-refractivity contribution in [2.45, 2.75) is 25.9 Å². The van der Waals surface area contributed by atoms with E-state index in [4.69, 9.17) is 10.5 Å². The molecule has 1 aromatic heterocycles. The second-order valence-electron chi connectivity index (χ2n) is 5.06. The molecule has 1 atom stereocenters. The van der Waals surface area contributed by atoms with Gasteiger partial charge in [-0.3, -0.25) is 4.79 Å². The van der Waals surface area contributed by atoms with E-state index in [2.05, 4.69) is 6.92 Å². The Morgan fingerprint density at radius 3 is 2.73 bits per heavy atom. The monoisotopic (exact) mass is 318 g/mol. The molecule has 0 aliphatic heterocycles. The van der Waals surface area contributed by atoms with Crippen LogP contribution in [0, 0.1) is 0 Å². The van der Waals surface area contributed by atoms with Crippen LogP contribution >= 0.6 is 11.3 Å². The third-order valence-corrected chi connectivity index (χ3v) is 4.33. The van der Waals surface area contributed by atoms with Crippen LogP contribution in [0.1, 0.15) is 29.8 Å². The van der Waals surface area contributed by atoms with Crippen molar-refractivity contribution in [1.29, 1.82) is 0 Å². The van der Waals surface area contributed by atoms with Crippen molar-refractivity contribution >= 4 is 17.2 Å². The van der Waals surface area contributed by atoms with Gasteiger partial charge in [0.1, 0.15) is 11.8 Å². The number of ether oxygens (including phenoxy) is 1. The van der Waals surface area contributed by atoms with E-state index in [1.807, 2.05) is 46.7 Å². The standard InChI is InChI=1S/C17H22N2O2S/c1-3-10-19(12-13-7-6-11-22-13)17(20)16(18)14-8-4-5-9-15(14)21-2/h4-9,11,16H,3,10,12,18H2,1-2H3/t16-/m1/s1. The maximum Gasteiger partial charge on any atom is 0.244 e. The average Bonchev–Trinajstić information content (AvgIpc) is 3.06. The molecule has 1 aromatic carbocycles. The Balaban J connectivity index is 2.18. The molecule has 0 radical (unpaired) electrons. The highest BCUT2D eigenvalue weighted by atomic mass is 32.1. The third kappa shape index (κ3) is 3.87. The molecule has 0 aliphatic rings. The first-order valence-electron chi connectivity index (χ1n) is 7.37. The van der Waals surface area contributed by atoms with Crippen molar-refractivity contribution in [1.82, 2.24) is 4.90 Å². The fourth-order valence-corrected chi connectivity index (χ4v) is 3.10. The first-order chi connectivity index (χ1) is 10.7. The first-order valence-corrected chi connectivity index (χ1v) is 8.25. The lowest BCUT2D eigenvalue weighted by molar-refractivity contribution is -0.133. The van der Waals surface area contributed by atoms with Crippen LogP contribution in [0.15, 0.2) is 41.8 Å². The fourth-order valence-electron chi connectivity index (χ4n) is 2.38. The molecule has 2 N–H and O–H groups in total. The summed E-state index contributed by atoms with van der Waals surface area (Å²) in [5.41, 5.74) is 6.93. The van der Waals surface area contributed by atoms with Crippen LogP contribution in [0.3, 0.4) is 0 Å². The minimum absolute atomic E-state index is 0.0697. The third-order valence-electron chi connectivity index (χ3n) is 3.47. The molecule has 0 spiro atoms. The van der Waals surface area contributed by atoms with E-state index in [9.17, 15) is 4.79 Å². The van der Waals surface area contributed by atoms with Crippen molar-refractivity contribution in [3.05, 3.63) is 52.2 Å². The van der Waals surface area contributed by atoms with Gasteiger partial charge in [0.05, 0.1) is 13.7 Å². The number of hydrogen-bond donors (Lipinski definition) is 1. The fraction of sp³-hybridized carbons (Fsp3) is 0.353. The number of methoxy groups -OCH3 is 1. The average molecular weight is 318 g/mol. The van der Waals surface area contributed by atoms with Gasteiger partial charge in [0, 0.05) is 17.0 Å². The number of thiophene rings is 1. The number of nitrogens with zero attached hydrogens (tertiary/aromatic N) is 1. The van der Waals surface area contributed by atoms with E-state index in [0.717, 1.165) is 16.9 Å². The van der Waals surface area contributed by atoms with Gasteiger partial charge < -0.3 is 15.4 Å². The second kappa shape index (κ2) is 7.96. The predicted molar refractivity (Wildman–Crippen MR) is 89.9 cm³/mol. The van der Waals surface area contributed by atoms with Crippen LogP contribution in [0.5, 0.6) is 5.75 Å². The van der Waals surface area contributed by atoms with E-state index in [-0.39, 0.29) is 5.91 Å². The number of para-hydroxylation sites is 1. The summed E-state index contributed by atoms with van der Waals surface area (Å²) in [5, 5.41) is 2.02. The van der Waals surface area contributed by atoms with Crippen molar-refractivity contribution < 1.29 is 9.53 Å². The first kappa shape index (κ1) is 16.5. The summed E-state index contributed by atoms with van der Waals surface area (Å²) in [5.74, 6) is 0.579. The molecule has 2 rings (SSSR count). The van der Waals surface area contributed by atoms with E-state index in [0.29, 0.717) is 18.8 Å². The number of hydrogen-bond acceptors (Lipinski definition) is 4. The maximum atomic E-state index is 12.8. The van der Waals surface area contributed by atoms with E-state index < -0.39 is 6.04 Å². The lowest BCUT2D eigenvalue weighted by Crippen LogP contribution is -2.38. The zero-order valence-electron chi connectivity index (χ0n) is 13.0. The maximum absolute atomic E-state index is 12.8. The molecule has 4 nitrogen and oxygen atoms in total. The zero-order chi connectivity index (χ0) is 15.9. The van der Waals surface area contributed by atoms with Crippen LogP contribution in [0.2, 0.25) is 0 Å². The molecule has 5 heteroatoms. The van der Waals surface area contributed by atoms with Crippen molar-refractivity contribution in [2.24, 2.45) is 5.73 Å². The highest BCUT2D eigenvalue weighted by molar-refractivity contribution is 7.09. The zero-order valence-corrected chi connectivity index (χ0v) is 13.8. The van der Waals surface area contributed by atoms with Gasteiger partial charge in [0.25, 0.3) is 0 Å². The summed E-state index contributed by atoms with van der Waals surface area (Å²) >= 11 is 1.65. The lowest BCUT2D eigenvalue weighted by Gasteiger charge is -2.25. The quantitative estimate of drug-likeness (QED) is 0.853. The van der Waals surface area contributed by atoms with Crippen LogP contribution in [0.4, 0.5) is 0 Å². The molecule has 0 unspecified atom stereocenters. The molecule has 118 valence electrons. The number of carbonyl (C=O) groups excluding carboxylic acids is 1. The van der Waals surface area contributed by atoms with Crippen molar-refractivity contribution in [2.75, 3.05) is 13.7 Å². The molecule has 0 fully saturated rings. The summed E-state index contributed by atoms with van der Waals surface area (Å²) in [6.07, 6.45) is 0.899. The van der Waals surface area contributed by atoms with Crippen molar-refractivity contribution in [3.8, 4) is 5.75 Å². The minimum Gasteiger partial charge on any atom is -0.496 e. The van der Waals surface area contributed by atoms with Gasteiger partial charge in [-0.25, -0.2) is 0 Å². The normalized spacial score (nSPS) is 12.0. The Morgan fingerprint density at radius 2 is 2.09 bits per heavy atom. The summed E-state index contributed by atoms with van der Waals surface area (Å²) in [4.78, 5) is 15.8. The molecule has 0 saturated carbocycles. The highest BCUT2D eigenvalue weighted by Crippen LogP contribution is 2.25. The smallest absolute Gasteiger partial charge is 0.244 e. The van der Waals surface area contributed by atoms with Crippen LogP contribution in [0.25, 0.3) is 0 Å². The largest absolute Gasteiger partial charge is 0.496 e. The lowest BCUT2D eigenvalue weighted by atomic mass is 10.0. The SMILES string of the molecule is CCCN(Cc1cccs1)C(=O)[C@H](N)c1ccccc1OC. The molecular formula is C17H22N2O2S. The van der Waals surface area contributed by atoms with Gasteiger partial charge in [-0.2, -0.15) is 0 Å². The summed E-state index contributed by atoms with van der Waals surface area (Å²) in [6, 6.07) is 10.7. The summed E-state index contributed by atoms with van der Waals surface area (Å²) < 4.78 is 5.31. The van der Waals surface area contributed by atoms with Gasteiger partial charge in [-0.15, -0.1) is 11.3 Å². The number of nitrogens with two attached hydrogens (primary N) is 1. The van der Waals surface area contributed by atoms with Gasteiger partial charge in [0.15, 0.2) is 0 Å². The molecule has 0 bridgehead atoms. The van der Waals surface area contributed by atoms with Gasteiger partial charge in [-0.1, -0.05) is 31.2 Å². The number of carbonyl (C=O) groups is 1. The molecular weight excluding hydrogens is 296 g/mol. The van der Waals surface area contributed by atoms with Crippen LogP contribution < -0.4 is 10.5 Å². The Morgan fingerprint density at radius 1 is 1.32 bits per heavy atom. The molecule has 0 saturated heterocycles. The predicted octanol–water partition coefficient (Wildman–Crippen LogP) is 3.20. The Labute approximate surface area is 135 Å². The highest BCUT2D eigenvalue weighted by Gasteiger charge is 2.24. The molecule has 1 amide bonds. The van der Waals surface area contributed by atoms with Gasteiger partial charge in [-0.05, 0) is 23.9 Å². The van der Waals surface area contributed by atoms with Crippen molar-refractivity contribution in [3.63, 3.8) is 0 Å². The van der Waals surface area contributed by atoms with E-state index in [1.165, 1.54) is 0 Å². The molecule has 1 heterocycles. The van der Waals surface area contributed by atoms with E-state index >= 15 is 0 Å². The van der Waals surface area contributed by atoms with Gasteiger partial charge in [0.2, 0.25) is 5.91 Å². The summed E-state index contributed by atoms with van der Waals surface area (Å²) in [6.45, 7) is 3.36. The minimum atomic E-state index is -0.706. The Kier molecular flexibility index (Phi) is 5.98. The topological polar surface area (TPSA) is 55.6 Å². The Bertz CT molecular complexity index is 598. The number of benzene rings is 1. The van der Waals surface area contributed by atoms with Gasteiger partial charge >= 0.3 is 0 Å². The van der Waals surface area contributed by atoms with Crippen LogP contribution in [-0.2, 0) is 11.3 Å². The number of rotatable bonds is 7. The summed E-state index contributed by atoms with van der Waals surface area (Å²) in [7, 11) is 1.59. The Hall–Kier alpha value is -1.85.